The van der Waals surface area contributed by atoms with E-state index in [0.29, 0.717) is 0 Å². The summed E-state index contributed by atoms with van der Waals surface area (Å²) in [5.41, 5.74) is 0.261. The Balaban J connectivity index is 1.47. The van der Waals surface area contributed by atoms with E-state index in [1.54, 1.807) is 11.1 Å². The van der Waals surface area contributed by atoms with E-state index in [9.17, 15) is 19.1 Å². The Labute approximate surface area is 189 Å². The van der Waals surface area contributed by atoms with E-state index in [2.05, 4.69) is 33.3 Å². The summed E-state index contributed by atoms with van der Waals surface area (Å²) in [7, 11) is 0. The van der Waals surface area contributed by atoms with E-state index >= 15 is 0 Å². The molecular formula is C20H25FN6O4S. The second-order valence-corrected chi connectivity index (χ2v) is 8.26. The average Bonchev–Trinajstić information content (AvgIpc) is 3.55. The fourth-order valence-corrected chi connectivity index (χ4v) is 4.53. The van der Waals surface area contributed by atoms with E-state index in [1.807, 2.05) is 0 Å². The number of amides is 1. The zero-order valence-electron chi connectivity index (χ0n) is 17.3. The first kappa shape index (κ1) is 22.6. The predicted molar refractivity (Wildman–Crippen MR) is 115 cm³/mol. The standard InChI is InChI=1S/C20H25FN6O4S/c21-17-15(7-12(10-28)19(17)31-32)24-20-13(8-22-11-23-20)18(30)14-3-6-27(25-14)9-16(29)26-4-1-2-5-26/h3,6,8,11-12,15,17,19,28,32H,1-2,4-5,7,9-10H2,(H,22,23,24)/t12-,15-,17-,19-/m1/s1. The van der Waals surface area contributed by atoms with Crippen molar-refractivity contribution >= 4 is 30.4 Å². The fraction of sp³-hybridized carbons (Fsp3) is 0.550. The molecule has 1 aliphatic heterocycles. The molecule has 32 heavy (non-hydrogen) atoms. The van der Waals surface area contributed by atoms with Gasteiger partial charge in [-0.2, -0.15) is 5.10 Å². The third kappa shape index (κ3) is 4.62. The van der Waals surface area contributed by atoms with Crippen molar-refractivity contribution in [1.82, 2.24) is 24.6 Å². The summed E-state index contributed by atoms with van der Waals surface area (Å²) in [4.78, 5) is 35.2. The van der Waals surface area contributed by atoms with Crippen molar-refractivity contribution in [2.24, 2.45) is 5.92 Å². The third-order valence-electron chi connectivity index (χ3n) is 5.98. The van der Waals surface area contributed by atoms with Crippen LogP contribution < -0.4 is 5.32 Å². The van der Waals surface area contributed by atoms with Gasteiger partial charge in [-0.3, -0.25) is 14.3 Å². The maximum Gasteiger partial charge on any atom is 0.244 e. The number of aromatic nitrogens is 4. The molecule has 1 amide bonds. The molecule has 10 nitrogen and oxygen atoms in total. The number of hydrogen-bond acceptors (Lipinski definition) is 9. The van der Waals surface area contributed by atoms with Crippen molar-refractivity contribution in [2.45, 2.75) is 44.1 Å². The molecule has 4 rings (SSSR count). The summed E-state index contributed by atoms with van der Waals surface area (Å²) in [6.45, 7) is 1.31. The largest absolute Gasteiger partial charge is 0.396 e. The molecule has 2 fully saturated rings. The number of alkyl halides is 1. The summed E-state index contributed by atoms with van der Waals surface area (Å²) < 4.78 is 21.1. The van der Waals surface area contributed by atoms with Gasteiger partial charge in [0.1, 0.15) is 36.7 Å². The van der Waals surface area contributed by atoms with Gasteiger partial charge >= 0.3 is 0 Å². The second-order valence-electron chi connectivity index (χ2n) is 8.04. The van der Waals surface area contributed by atoms with Crippen LogP contribution in [0.1, 0.15) is 35.3 Å². The first-order valence-electron chi connectivity index (χ1n) is 10.5. The van der Waals surface area contributed by atoms with Crippen molar-refractivity contribution in [1.29, 1.82) is 0 Å². The minimum absolute atomic E-state index is 0.0374. The molecule has 1 aliphatic carbocycles. The van der Waals surface area contributed by atoms with Crippen LogP contribution in [-0.2, 0) is 15.5 Å². The predicted octanol–water partition coefficient (Wildman–Crippen LogP) is 0.887. The van der Waals surface area contributed by atoms with Crippen molar-refractivity contribution in [2.75, 3.05) is 25.0 Å². The molecule has 12 heteroatoms. The van der Waals surface area contributed by atoms with E-state index in [-0.39, 0.29) is 42.6 Å². The smallest absolute Gasteiger partial charge is 0.244 e. The van der Waals surface area contributed by atoms with Gasteiger partial charge in [0, 0.05) is 38.0 Å². The molecule has 2 aromatic heterocycles. The van der Waals surface area contributed by atoms with Crippen molar-refractivity contribution in [3.63, 3.8) is 0 Å². The number of nitrogens with zero attached hydrogens (tertiary/aromatic N) is 5. The van der Waals surface area contributed by atoms with Crippen LogP contribution in [0.3, 0.4) is 0 Å². The minimum Gasteiger partial charge on any atom is -0.396 e. The Hall–Kier alpha value is -2.57. The molecule has 4 atom stereocenters. The molecule has 0 spiro atoms. The van der Waals surface area contributed by atoms with Crippen LogP contribution in [0.15, 0.2) is 24.8 Å². The lowest BCUT2D eigenvalue weighted by Gasteiger charge is -2.19. The Morgan fingerprint density at radius 3 is 2.81 bits per heavy atom. The summed E-state index contributed by atoms with van der Waals surface area (Å²) >= 11 is 3.71. The maximum absolute atomic E-state index is 14.8. The molecule has 172 valence electrons. The quantitative estimate of drug-likeness (QED) is 0.299. The number of carbonyl (C=O) groups is 2. The number of nitrogens with one attached hydrogen (secondary N) is 1. The second kappa shape index (κ2) is 9.92. The van der Waals surface area contributed by atoms with Gasteiger partial charge < -0.3 is 19.5 Å². The van der Waals surface area contributed by atoms with Crippen molar-refractivity contribution in [3.05, 3.63) is 36.0 Å². The molecule has 2 N–H and O–H groups in total. The number of rotatable bonds is 8. The molecule has 1 saturated heterocycles. The summed E-state index contributed by atoms with van der Waals surface area (Å²) in [5.74, 6) is -0.749. The van der Waals surface area contributed by atoms with Crippen LogP contribution in [0.25, 0.3) is 0 Å². The number of likely N-dealkylation sites (tertiary alicyclic amines) is 1. The Bertz CT molecular complexity index is 969. The van der Waals surface area contributed by atoms with Crippen LogP contribution in [0, 0.1) is 5.92 Å². The van der Waals surface area contributed by atoms with Crippen molar-refractivity contribution < 1.29 is 23.3 Å². The van der Waals surface area contributed by atoms with E-state index in [1.165, 1.54) is 23.3 Å². The molecule has 3 heterocycles. The molecule has 0 bridgehead atoms. The highest BCUT2D eigenvalue weighted by atomic mass is 32.1. The molecule has 0 radical (unpaired) electrons. The number of hydrogen-bond donors (Lipinski definition) is 3. The lowest BCUT2D eigenvalue weighted by atomic mass is 10.1. The summed E-state index contributed by atoms with van der Waals surface area (Å²) in [6.07, 6.45) is 4.14. The zero-order chi connectivity index (χ0) is 22.7. The van der Waals surface area contributed by atoms with Gasteiger partial charge in [0.2, 0.25) is 11.7 Å². The number of aliphatic hydroxyl groups excluding tert-OH is 1. The first-order chi connectivity index (χ1) is 15.5. The highest BCUT2D eigenvalue weighted by Crippen LogP contribution is 2.34. The molecule has 2 aromatic rings. The Kier molecular flexibility index (Phi) is 7.01. The topological polar surface area (TPSA) is 122 Å². The Morgan fingerprint density at radius 1 is 1.34 bits per heavy atom. The minimum atomic E-state index is -1.45. The SMILES string of the molecule is O=C(c1ccn(CC(=O)N2CCCC2)n1)c1cncnc1N[C@@H]1C[C@H](CO)[C@@H](OS)[C@@H]1F. The molecular weight excluding hydrogens is 439 g/mol. The maximum atomic E-state index is 14.8. The summed E-state index contributed by atoms with van der Waals surface area (Å²) in [6, 6.07) is 0.803. The van der Waals surface area contributed by atoms with Gasteiger partial charge in [-0.25, -0.2) is 14.4 Å². The van der Waals surface area contributed by atoms with Gasteiger partial charge in [0.05, 0.1) is 11.6 Å². The van der Waals surface area contributed by atoms with Gasteiger partial charge in [0.25, 0.3) is 0 Å². The molecule has 2 aliphatic rings. The van der Waals surface area contributed by atoms with E-state index < -0.39 is 30.0 Å². The van der Waals surface area contributed by atoms with Crippen molar-refractivity contribution in [3.8, 4) is 0 Å². The first-order valence-corrected chi connectivity index (χ1v) is 10.9. The molecule has 0 unspecified atom stereocenters. The van der Waals surface area contributed by atoms with Gasteiger partial charge in [0.15, 0.2) is 0 Å². The molecule has 0 aromatic carbocycles. The van der Waals surface area contributed by atoms with E-state index in [4.69, 9.17) is 4.18 Å². The van der Waals surface area contributed by atoms with Crippen LogP contribution >= 0.6 is 12.9 Å². The lowest BCUT2D eigenvalue weighted by Crippen LogP contribution is -2.33. The van der Waals surface area contributed by atoms with Crippen LogP contribution in [-0.4, -0.2) is 79.5 Å². The molecule has 1 saturated carbocycles. The average molecular weight is 465 g/mol. The zero-order valence-corrected chi connectivity index (χ0v) is 18.2. The number of anilines is 1. The Morgan fingerprint density at radius 2 is 2.12 bits per heavy atom. The van der Waals surface area contributed by atoms with Crippen LogP contribution in [0.4, 0.5) is 10.2 Å². The number of thiol groups is 1. The third-order valence-corrected chi connectivity index (χ3v) is 6.23. The van der Waals surface area contributed by atoms with Gasteiger partial charge in [-0.05, 0) is 38.2 Å². The number of halogens is 1. The van der Waals surface area contributed by atoms with Gasteiger partial charge in [-0.1, -0.05) is 0 Å². The number of aliphatic hydroxyl groups is 1. The highest BCUT2D eigenvalue weighted by molar-refractivity contribution is 7.75. The number of carbonyl (C=O) groups excluding carboxylic acids is 2. The summed E-state index contributed by atoms with van der Waals surface area (Å²) in [5, 5.41) is 16.7. The number of ketones is 1. The lowest BCUT2D eigenvalue weighted by molar-refractivity contribution is -0.130. The fourth-order valence-electron chi connectivity index (χ4n) is 4.24. The normalized spacial score (nSPS) is 25.3. The monoisotopic (exact) mass is 464 g/mol. The van der Waals surface area contributed by atoms with Gasteiger partial charge in [-0.15, -0.1) is 0 Å². The van der Waals surface area contributed by atoms with E-state index in [0.717, 1.165) is 25.9 Å². The highest BCUT2D eigenvalue weighted by Gasteiger charge is 2.44. The van der Waals surface area contributed by atoms with Crippen LogP contribution in [0.5, 0.6) is 0 Å². The van der Waals surface area contributed by atoms with Crippen LogP contribution in [0.2, 0.25) is 0 Å².